The Morgan fingerprint density at radius 1 is 1.12 bits per heavy atom. The Balaban J connectivity index is 1.37. The van der Waals surface area contributed by atoms with E-state index in [1.165, 1.54) is 18.2 Å². The fraction of sp³-hybridized carbons (Fsp3) is 0.345. The number of nitrogens with zero attached hydrogens (tertiary/aromatic N) is 4. The lowest BCUT2D eigenvalue weighted by Gasteiger charge is -2.31. The van der Waals surface area contributed by atoms with E-state index in [4.69, 9.17) is 9.97 Å². The molecule has 11 heteroatoms. The molecule has 4 aromatic rings. The number of aromatic hydroxyl groups is 1. The Morgan fingerprint density at radius 2 is 1.95 bits per heavy atom. The van der Waals surface area contributed by atoms with E-state index in [1.807, 2.05) is 48.5 Å². The van der Waals surface area contributed by atoms with Gasteiger partial charge in [0.15, 0.2) is 0 Å². The number of rotatable bonds is 10. The van der Waals surface area contributed by atoms with Gasteiger partial charge in [0.1, 0.15) is 11.6 Å². The lowest BCUT2D eigenvalue weighted by Crippen LogP contribution is -2.36. The van der Waals surface area contributed by atoms with Crippen molar-refractivity contribution in [2.24, 2.45) is 0 Å². The molecule has 2 aromatic heterocycles. The van der Waals surface area contributed by atoms with Gasteiger partial charge in [-0.3, -0.25) is 4.31 Å². The third-order valence-electron chi connectivity index (χ3n) is 6.46. The summed E-state index contributed by atoms with van der Waals surface area (Å²) in [6.07, 6.45) is 3.94. The molecule has 0 spiro atoms. The van der Waals surface area contributed by atoms with Gasteiger partial charge in [-0.1, -0.05) is 44.9 Å². The Labute approximate surface area is 247 Å². The quantitative estimate of drug-likeness (QED) is 0.158. The number of hydrogen-bond donors (Lipinski definition) is 3. The number of phenolic OH excluding ortho intramolecular Hbond substituents is 1. The van der Waals surface area contributed by atoms with Crippen LogP contribution in [0.4, 0.5) is 16.0 Å². The minimum absolute atomic E-state index is 0.0250. The van der Waals surface area contributed by atoms with E-state index in [1.54, 1.807) is 11.3 Å². The van der Waals surface area contributed by atoms with Crippen molar-refractivity contribution in [3.8, 4) is 27.6 Å². The fourth-order valence-corrected chi connectivity index (χ4v) is 7.01. The summed E-state index contributed by atoms with van der Waals surface area (Å²) in [6.45, 7) is 8.60. The van der Waals surface area contributed by atoms with Crippen LogP contribution in [0.25, 0.3) is 21.8 Å². The number of halogens is 1. The van der Waals surface area contributed by atoms with Crippen LogP contribution in [0.15, 0.2) is 59.6 Å². The van der Waals surface area contributed by atoms with Crippen molar-refractivity contribution in [1.82, 2.24) is 19.3 Å². The lowest BCUT2D eigenvalue weighted by molar-refractivity contribution is 0.358. The average Bonchev–Trinajstić information content (AvgIpc) is 3.41. The van der Waals surface area contributed by atoms with Crippen LogP contribution in [0.5, 0.6) is 5.75 Å². The summed E-state index contributed by atoms with van der Waals surface area (Å²) in [5.74, 6) is 1.65. The molecule has 3 N–H and O–H groups in total. The highest BCUT2D eigenvalue weighted by atomic mass is 32.2. The molecule has 1 aliphatic rings. The smallest absolute Gasteiger partial charge is 0.223 e. The van der Waals surface area contributed by atoms with Crippen LogP contribution in [0.1, 0.15) is 44.5 Å². The number of nitrogens with one attached hydrogen (secondary N) is 2. The van der Waals surface area contributed by atoms with Crippen molar-refractivity contribution >= 4 is 46.9 Å². The van der Waals surface area contributed by atoms with Crippen LogP contribution in [0.2, 0.25) is 0 Å². The second-order valence-corrected chi connectivity index (χ2v) is 13.0. The molecule has 0 saturated carbocycles. The molecule has 0 atom stereocenters. The molecule has 1 aliphatic heterocycles. The van der Waals surface area contributed by atoms with Crippen molar-refractivity contribution in [3.63, 3.8) is 0 Å². The van der Waals surface area contributed by atoms with Crippen LogP contribution in [-0.2, 0) is 0 Å². The van der Waals surface area contributed by atoms with Crippen LogP contribution < -0.4 is 10.0 Å². The zero-order chi connectivity index (χ0) is 28.1. The van der Waals surface area contributed by atoms with Gasteiger partial charge in [-0.05, 0) is 61.2 Å². The number of benzene rings is 2. The fourth-order valence-electron chi connectivity index (χ4n) is 4.42. The van der Waals surface area contributed by atoms with E-state index in [0.717, 1.165) is 76.2 Å². The largest absolute Gasteiger partial charge is 0.507 e. The van der Waals surface area contributed by atoms with Gasteiger partial charge in [0.25, 0.3) is 0 Å². The van der Waals surface area contributed by atoms with E-state index in [9.17, 15) is 9.50 Å². The first kappa shape index (κ1) is 28.7. The topological polar surface area (TPSA) is 86.2 Å². The first-order valence-electron chi connectivity index (χ1n) is 13.4. The van der Waals surface area contributed by atoms with Crippen LogP contribution in [0.3, 0.4) is 0 Å². The lowest BCUT2D eigenvalue weighted by atomic mass is 10.1. The van der Waals surface area contributed by atoms with Crippen LogP contribution in [0, 0.1) is 5.82 Å². The number of anilines is 2. The van der Waals surface area contributed by atoms with Crippen LogP contribution in [-0.4, -0.2) is 49.2 Å². The zero-order valence-corrected chi connectivity index (χ0v) is 25.2. The van der Waals surface area contributed by atoms with Gasteiger partial charge in [-0.15, -0.1) is 11.3 Å². The molecule has 210 valence electrons. The number of thiazole rings is 1. The van der Waals surface area contributed by atoms with Gasteiger partial charge < -0.3 is 15.1 Å². The minimum Gasteiger partial charge on any atom is -0.507 e. The van der Waals surface area contributed by atoms with Crippen molar-refractivity contribution < 1.29 is 9.50 Å². The number of phenols is 1. The Hall–Kier alpha value is -2.86. The van der Waals surface area contributed by atoms with Crippen molar-refractivity contribution in [3.05, 3.63) is 65.6 Å². The standard InChI is InChI=1S/C29H33FN6OS3/c1-4-38-36-14-11-21(12-15-36)32-29-31-13-10-23(33-29)27-26(34-28(39-27)18(2)3)19-6-5-7-22(16-19)35-40-25-17-20(30)8-9-24(25)37/h5-10,13,16-18,21,35,37H,4,11-12,14-15H2,1-3H3,(H,31,32,33). The van der Waals surface area contributed by atoms with Gasteiger partial charge in [-0.2, -0.15) is 0 Å². The SMILES string of the molecule is CCSN1CCC(Nc2nccc(-c3sc(C(C)C)nc3-c3cccc(NSc4cc(F)ccc4O)c3)n2)CC1. The Morgan fingerprint density at radius 3 is 2.73 bits per heavy atom. The highest BCUT2D eigenvalue weighted by Crippen LogP contribution is 2.40. The monoisotopic (exact) mass is 596 g/mol. The summed E-state index contributed by atoms with van der Waals surface area (Å²) in [6, 6.07) is 14.1. The molecule has 0 radical (unpaired) electrons. The first-order valence-corrected chi connectivity index (χ1v) is 16.0. The van der Waals surface area contributed by atoms with Gasteiger partial charge in [0.2, 0.25) is 5.95 Å². The Kier molecular flexibility index (Phi) is 9.46. The van der Waals surface area contributed by atoms with Crippen molar-refractivity contribution in [1.29, 1.82) is 0 Å². The maximum atomic E-state index is 13.7. The Bertz CT molecular complexity index is 1440. The summed E-state index contributed by atoms with van der Waals surface area (Å²) in [4.78, 5) is 15.9. The molecule has 0 aliphatic carbocycles. The first-order chi connectivity index (χ1) is 19.4. The van der Waals surface area contributed by atoms with Crippen LogP contribution >= 0.6 is 35.2 Å². The van der Waals surface area contributed by atoms with Gasteiger partial charge >= 0.3 is 0 Å². The summed E-state index contributed by atoms with van der Waals surface area (Å²) < 4.78 is 19.3. The van der Waals surface area contributed by atoms with Gasteiger partial charge in [0, 0.05) is 48.2 Å². The molecule has 2 aromatic carbocycles. The summed E-state index contributed by atoms with van der Waals surface area (Å²) >= 11 is 4.72. The normalized spacial score (nSPS) is 14.5. The van der Waals surface area contributed by atoms with E-state index < -0.39 is 5.82 Å². The average molecular weight is 597 g/mol. The summed E-state index contributed by atoms with van der Waals surface area (Å²) in [5.41, 5.74) is 3.47. The molecule has 0 amide bonds. The highest BCUT2D eigenvalue weighted by molar-refractivity contribution is 8.00. The minimum atomic E-state index is -0.399. The summed E-state index contributed by atoms with van der Waals surface area (Å²) in [7, 11) is 0. The molecule has 0 unspecified atom stereocenters. The highest BCUT2D eigenvalue weighted by Gasteiger charge is 2.22. The number of hydrogen-bond acceptors (Lipinski definition) is 10. The number of aromatic nitrogens is 3. The molecule has 1 fully saturated rings. The maximum Gasteiger partial charge on any atom is 0.223 e. The molecule has 7 nitrogen and oxygen atoms in total. The maximum absolute atomic E-state index is 13.7. The molecular formula is C29H33FN6OS3. The molecular weight excluding hydrogens is 564 g/mol. The van der Waals surface area contributed by atoms with E-state index in [2.05, 4.69) is 40.1 Å². The van der Waals surface area contributed by atoms with E-state index in [0.29, 0.717) is 16.9 Å². The third kappa shape index (κ3) is 7.06. The predicted octanol–water partition coefficient (Wildman–Crippen LogP) is 7.90. The molecule has 1 saturated heterocycles. The molecule has 0 bridgehead atoms. The molecule has 3 heterocycles. The predicted molar refractivity (Wildman–Crippen MR) is 167 cm³/mol. The molecule has 40 heavy (non-hydrogen) atoms. The summed E-state index contributed by atoms with van der Waals surface area (Å²) in [5, 5.41) is 14.7. The second kappa shape index (κ2) is 13.2. The van der Waals surface area contributed by atoms with Gasteiger partial charge in [0.05, 0.1) is 26.2 Å². The second-order valence-electron chi connectivity index (χ2n) is 9.81. The number of piperidine rings is 1. The third-order valence-corrected chi connectivity index (χ3v) is 9.71. The van der Waals surface area contributed by atoms with Crippen molar-refractivity contribution in [2.45, 2.75) is 50.5 Å². The zero-order valence-electron chi connectivity index (χ0n) is 22.7. The molecule has 5 rings (SSSR count). The van der Waals surface area contributed by atoms with E-state index >= 15 is 0 Å². The van der Waals surface area contributed by atoms with E-state index in [-0.39, 0.29) is 11.7 Å². The van der Waals surface area contributed by atoms with Gasteiger partial charge in [-0.25, -0.2) is 19.3 Å². The van der Waals surface area contributed by atoms with Crippen molar-refractivity contribution in [2.75, 3.05) is 28.9 Å².